The van der Waals surface area contributed by atoms with Crippen molar-refractivity contribution in [2.75, 3.05) is 6.61 Å². The zero-order chi connectivity index (χ0) is 8.81. The second-order valence-electron chi connectivity index (χ2n) is 2.64. The van der Waals surface area contributed by atoms with Crippen LogP contribution in [0.25, 0.3) is 0 Å². The second-order valence-corrected chi connectivity index (χ2v) is 2.64. The van der Waals surface area contributed by atoms with Gasteiger partial charge in [-0.25, -0.2) is 0 Å². The SMILES string of the molecule is O=[C]CC(CO)c1ccccc1. The van der Waals surface area contributed by atoms with Crippen LogP contribution in [0.15, 0.2) is 30.3 Å². The van der Waals surface area contributed by atoms with Gasteiger partial charge in [-0.1, -0.05) is 30.3 Å². The fraction of sp³-hybridized carbons (Fsp3) is 0.300. The Bertz CT molecular complexity index is 231. The monoisotopic (exact) mass is 163 g/mol. The first-order valence-electron chi connectivity index (χ1n) is 3.89. The minimum Gasteiger partial charge on any atom is -0.396 e. The number of hydrogen-bond acceptors (Lipinski definition) is 2. The molecular formula is C10H11O2. The molecule has 2 heteroatoms. The van der Waals surface area contributed by atoms with Crippen LogP contribution in [0.3, 0.4) is 0 Å². The summed E-state index contributed by atoms with van der Waals surface area (Å²) in [6.45, 7) is -0.000741. The molecule has 12 heavy (non-hydrogen) atoms. The van der Waals surface area contributed by atoms with Gasteiger partial charge in [-0.2, -0.15) is 0 Å². The summed E-state index contributed by atoms with van der Waals surface area (Å²) in [6.07, 6.45) is 2.07. The molecule has 0 saturated carbocycles. The summed E-state index contributed by atoms with van der Waals surface area (Å²) in [5, 5.41) is 8.93. The molecule has 1 radical (unpaired) electrons. The Morgan fingerprint density at radius 2 is 2.00 bits per heavy atom. The van der Waals surface area contributed by atoms with Crippen LogP contribution in [-0.4, -0.2) is 18.0 Å². The summed E-state index contributed by atoms with van der Waals surface area (Å²) in [6, 6.07) is 9.49. The molecule has 0 saturated heterocycles. The van der Waals surface area contributed by atoms with E-state index in [4.69, 9.17) is 5.11 Å². The van der Waals surface area contributed by atoms with Crippen LogP contribution < -0.4 is 0 Å². The summed E-state index contributed by atoms with van der Waals surface area (Å²) in [4.78, 5) is 10.1. The van der Waals surface area contributed by atoms with Gasteiger partial charge < -0.3 is 5.11 Å². The minimum absolute atomic E-state index is 0.000741. The Labute approximate surface area is 71.8 Å². The highest BCUT2D eigenvalue weighted by Crippen LogP contribution is 2.16. The van der Waals surface area contributed by atoms with Crippen LogP contribution in [0.4, 0.5) is 0 Å². The molecule has 1 atom stereocenters. The lowest BCUT2D eigenvalue weighted by molar-refractivity contribution is 0.267. The minimum atomic E-state index is -0.0938. The van der Waals surface area contributed by atoms with Gasteiger partial charge in [0.2, 0.25) is 0 Å². The maximum Gasteiger partial charge on any atom is 0.199 e. The van der Waals surface area contributed by atoms with Crippen molar-refractivity contribution in [2.24, 2.45) is 0 Å². The first-order chi connectivity index (χ1) is 5.88. The smallest absolute Gasteiger partial charge is 0.199 e. The molecule has 1 rings (SSSR count). The summed E-state index contributed by atoms with van der Waals surface area (Å²) >= 11 is 0. The van der Waals surface area contributed by atoms with E-state index in [1.807, 2.05) is 36.6 Å². The van der Waals surface area contributed by atoms with Gasteiger partial charge in [-0.15, -0.1) is 0 Å². The van der Waals surface area contributed by atoms with E-state index < -0.39 is 0 Å². The Kier molecular flexibility index (Phi) is 3.48. The molecule has 63 valence electrons. The summed E-state index contributed by atoms with van der Waals surface area (Å²) in [5.41, 5.74) is 0.989. The van der Waals surface area contributed by atoms with Crippen molar-refractivity contribution in [3.8, 4) is 0 Å². The third-order valence-electron chi connectivity index (χ3n) is 1.82. The fourth-order valence-corrected chi connectivity index (χ4v) is 1.11. The maximum atomic E-state index is 10.1. The fourth-order valence-electron chi connectivity index (χ4n) is 1.11. The van der Waals surface area contributed by atoms with E-state index in [-0.39, 0.29) is 18.9 Å². The number of aliphatic hydroxyl groups is 1. The van der Waals surface area contributed by atoms with Crippen LogP contribution in [0, 0.1) is 0 Å². The van der Waals surface area contributed by atoms with Gasteiger partial charge in [0.05, 0.1) is 6.61 Å². The number of benzene rings is 1. The van der Waals surface area contributed by atoms with E-state index >= 15 is 0 Å². The molecule has 1 N–H and O–H groups in total. The van der Waals surface area contributed by atoms with Gasteiger partial charge in [0.1, 0.15) is 0 Å². The third kappa shape index (κ3) is 2.17. The van der Waals surface area contributed by atoms with Crippen molar-refractivity contribution < 1.29 is 9.90 Å². The predicted molar refractivity (Wildman–Crippen MR) is 46.6 cm³/mol. The van der Waals surface area contributed by atoms with Crippen LogP contribution in [0.5, 0.6) is 0 Å². The third-order valence-corrected chi connectivity index (χ3v) is 1.82. The van der Waals surface area contributed by atoms with Gasteiger partial charge in [0.25, 0.3) is 0 Å². The average Bonchev–Trinajstić information content (AvgIpc) is 2.15. The Morgan fingerprint density at radius 3 is 2.50 bits per heavy atom. The molecule has 0 aliphatic carbocycles. The van der Waals surface area contributed by atoms with Gasteiger partial charge in [-0.05, 0) is 5.56 Å². The molecule has 0 aromatic heterocycles. The Morgan fingerprint density at radius 1 is 1.33 bits per heavy atom. The highest BCUT2D eigenvalue weighted by Gasteiger charge is 2.08. The van der Waals surface area contributed by atoms with E-state index in [0.29, 0.717) is 0 Å². The Hall–Kier alpha value is -1.15. The normalized spacial score (nSPS) is 12.4. The van der Waals surface area contributed by atoms with Crippen molar-refractivity contribution in [1.82, 2.24) is 0 Å². The van der Waals surface area contributed by atoms with Gasteiger partial charge in [0.15, 0.2) is 6.29 Å². The van der Waals surface area contributed by atoms with Gasteiger partial charge in [-0.3, -0.25) is 4.79 Å². The van der Waals surface area contributed by atoms with Crippen molar-refractivity contribution in [3.05, 3.63) is 35.9 Å². The first-order valence-corrected chi connectivity index (χ1v) is 3.89. The molecule has 0 heterocycles. The molecule has 1 aromatic carbocycles. The number of hydrogen-bond donors (Lipinski definition) is 1. The van der Waals surface area contributed by atoms with E-state index in [1.54, 1.807) is 0 Å². The Balaban J connectivity index is 2.72. The number of rotatable bonds is 4. The van der Waals surface area contributed by atoms with Crippen molar-refractivity contribution >= 4 is 6.29 Å². The standard InChI is InChI=1S/C10H11O2/c11-7-6-10(8-12)9-4-2-1-3-5-9/h1-5,10,12H,6,8H2. The van der Waals surface area contributed by atoms with Gasteiger partial charge >= 0.3 is 0 Å². The lowest BCUT2D eigenvalue weighted by Crippen LogP contribution is -2.04. The summed E-state index contributed by atoms with van der Waals surface area (Å²) in [5.74, 6) is -0.0938. The molecule has 0 spiro atoms. The predicted octanol–water partition coefficient (Wildman–Crippen LogP) is 1.26. The number of carbonyl (C=O) groups excluding carboxylic acids is 1. The molecule has 1 aromatic rings. The van der Waals surface area contributed by atoms with E-state index in [0.717, 1.165) is 5.56 Å². The average molecular weight is 163 g/mol. The van der Waals surface area contributed by atoms with Crippen molar-refractivity contribution in [2.45, 2.75) is 12.3 Å². The summed E-state index contributed by atoms with van der Waals surface area (Å²) in [7, 11) is 0. The van der Waals surface area contributed by atoms with Crippen LogP contribution in [0.2, 0.25) is 0 Å². The zero-order valence-corrected chi connectivity index (χ0v) is 6.73. The van der Waals surface area contributed by atoms with E-state index in [1.165, 1.54) is 0 Å². The molecular weight excluding hydrogens is 152 g/mol. The first kappa shape index (κ1) is 8.94. The lowest BCUT2D eigenvalue weighted by Gasteiger charge is -2.09. The molecule has 2 nitrogen and oxygen atoms in total. The quantitative estimate of drug-likeness (QED) is 0.725. The van der Waals surface area contributed by atoms with Crippen LogP contribution in [0.1, 0.15) is 17.9 Å². The molecule has 0 fully saturated rings. The molecule has 0 aliphatic rings. The zero-order valence-electron chi connectivity index (χ0n) is 6.73. The lowest BCUT2D eigenvalue weighted by atomic mass is 9.97. The van der Waals surface area contributed by atoms with Crippen molar-refractivity contribution in [3.63, 3.8) is 0 Å². The van der Waals surface area contributed by atoms with E-state index in [2.05, 4.69) is 0 Å². The topological polar surface area (TPSA) is 37.3 Å². The maximum absolute atomic E-state index is 10.1. The van der Waals surface area contributed by atoms with Crippen molar-refractivity contribution in [1.29, 1.82) is 0 Å². The largest absolute Gasteiger partial charge is 0.396 e. The molecule has 0 aliphatic heterocycles. The van der Waals surface area contributed by atoms with Crippen LogP contribution in [-0.2, 0) is 4.79 Å². The molecule has 0 bridgehead atoms. The highest BCUT2D eigenvalue weighted by atomic mass is 16.3. The number of aliphatic hydroxyl groups excluding tert-OH is 1. The summed E-state index contributed by atoms with van der Waals surface area (Å²) < 4.78 is 0. The van der Waals surface area contributed by atoms with E-state index in [9.17, 15) is 4.79 Å². The second kappa shape index (κ2) is 4.67. The van der Waals surface area contributed by atoms with Gasteiger partial charge in [0, 0.05) is 12.3 Å². The highest BCUT2D eigenvalue weighted by molar-refractivity contribution is 5.52. The van der Waals surface area contributed by atoms with Crippen LogP contribution >= 0.6 is 0 Å². The molecule has 1 unspecified atom stereocenters. The molecule has 0 amide bonds.